The maximum atomic E-state index is 12.9. The van der Waals surface area contributed by atoms with Gasteiger partial charge in [-0.15, -0.1) is 0 Å². The summed E-state index contributed by atoms with van der Waals surface area (Å²) in [5, 5.41) is 23.6. The molecule has 1 aliphatic rings. The molecule has 6 nitrogen and oxygen atoms in total. The molecule has 1 aromatic carbocycles. The predicted octanol–water partition coefficient (Wildman–Crippen LogP) is 2.92. The number of thioether (sulfide) groups is 1. The molecular weight excluding hydrogens is 355 g/mol. The van der Waals surface area contributed by atoms with Crippen LogP contribution in [0, 0.1) is 39.8 Å². The molecule has 0 aromatic heterocycles. The quantitative estimate of drug-likeness (QED) is 0.845. The Labute approximate surface area is 155 Å². The molecule has 2 N–H and O–H groups in total. The van der Waals surface area contributed by atoms with Crippen molar-refractivity contribution < 1.29 is 14.0 Å². The number of anilines is 1. The van der Waals surface area contributed by atoms with Gasteiger partial charge in [0.05, 0.1) is 28.0 Å². The molecular formula is C18H17FN4O2S. The van der Waals surface area contributed by atoms with Crippen molar-refractivity contribution in [1.29, 1.82) is 10.5 Å². The van der Waals surface area contributed by atoms with Crippen LogP contribution in [0.2, 0.25) is 0 Å². The van der Waals surface area contributed by atoms with Gasteiger partial charge in [0.2, 0.25) is 11.8 Å². The Balaban J connectivity index is 2.20. The van der Waals surface area contributed by atoms with Crippen LogP contribution in [0.4, 0.5) is 10.1 Å². The second-order valence-electron chi connectivity index (χ2n) is 6.35. The highest BCUT2D eigenvalue weighted by atomic mass is 32.2. The van der Waals surface area contributed by atoms with E-state index in [2.05, 4.69) is 10.6 Å². The Bertz CT molecular complexity index is 849. The molecule has 1 aromatic rings. The summed E-state index contributed by atoms with van der Waals surface area (Å²) in [4.78, 5) is 24.5. The van der Waals surface area contributed by atoms with Crippen molar-refractivity contribution in [3.05, 3.63) is 40.7 Å². The molecule has 1 heterocycles. The fourth-order valence-electron chi connectivity index (χ4n) is 2.52. The zero-order chi connectivity index (χ0) is 19.5. The van der Waals surface area contributed by atoms with Gasteiger partial charge < -0.3 is 10.6 Å². The number of amides is 2. The number of rotatable bonds is 4. The lowest BCUT2D eigenvalue weighted by molar-refractivity contribution is -0.125. The Kier molecular flexibility index (Phi) is 5.69. The Morgan fingerprint density at radius 3 is 2.50 bits per heavy atom. The predicted molar refractivity (Wildman–Crippen MR) is 95.7 cm³/mol. The SMILES string of the molecule is CC(SC1=C(C#N)C(C)(C)C(C#N)C(=O)N1)C(=O)Nc1ccc(F)cc1. The third-order valence-corrected chi connectivity index (χ3v) is 5.22. The van der Waals surface area contributed by atoms with Gasteiger partial charge in [0.1, 0.15) is 11.7 Å². The molecule has 134 valence electrons. The van der Waals surface area contributed by atoms with E-state index >= 15 is 0 Å². The van der Waals surface area contributed by atoms with Crippen molar-refractivity contribution in [1.82, 2.24) is 5.32 Å². The van der Waals surface area contributed by atoms with E-state index in [1.807, 2.05) is 12.1 Å². The summed E-state index contributed by atoms with van der Waals surface area (Å²) < 4.78 is 12.9. The molecule has 2 amide bonds. The molecule has 0 radical (unpaired) electrons. The van der Waals surface area contributed by atoms with Crippen LogP contribution in [0.1, 0.15) is 20.8 Å². The van der Waals surface area contributed by atoms with Crippen LogP contribution in [-0.4, -0.2) is 17.1 Å². The standard InChI is InChI=1S/C18H17FN4O2S/c1-10(15(24)22-12-6-4-11(19)5-7-12)26-17-14(9-21)18(2,3)13(8-20)16(25)23-17/h4-7,10,13H,1-3H3,(H,22,24)(H,23,25). The minimum Gasteiger partial charge on any atom is -0.325 e. The number of halogens is 1. The minimum atomic E-state index is -0.982. The number of nitrogens with one attached hydrogen (secondary N) is 2. The second-order valence-corrected chi connectivity index (χ2v) is 7.70. The smallest absolute Gasteiger partial charge is 0.243 e. The molecule has 8 heteroatoms. The van der Waals surface area contributed by atoms with E-state index in [0.717, 1.165) is 11.8 Å². The van der Waals surface area contributed by atoms with Crippen LogP contribution < -0.4 is 10.6 Å². The van der Waals surface area contributed by atoms with E-state index in [0.29, 0.717) is 5.69 Å². The van der Waals surface area contributed by atoms with Crippen molar-refractivity contribution in [2.24, 2.45) is 11.3 Å². The van der Waals surface area contributed by atoms with Gasteiger partial charge in [-0.3, -0.25) is 9.59 Å². The van der Waals surface area contributed by atoms with Crippen molar-refractivity contribution in [3.8, 4) is 12.1 Å². The van der Waals surface area contributed by atoms with Crippen molar-refractivity contribution >= 4 is 29.3 Å². The summed E-state index contributed by atoms with van der Waals surface area (Å²) in [6, 6.07) is 9.31. The van der Waals surface area contributed by atoms with E-state index < -0.39 is 28.3 Å². The monoisotopic (exact) mass is 372 g/mol. The number of hydrogen-bond donors (Lipinski definition) is 2. The number of carbonyl (C=O) groups excluding carboxylic acids is 2. The first-order valence-electron chi connectivity index (χ1n) is 7.79. The molecule has 0 bridgehead atoms. The number of nitriles is 2. The van der Waals surface area contributed by atoms with Gasteiger partial charge in [0.25, 0.3) is 0 Å². The lowest BCUT2D eigenvalue weighted by Gasteiger charge is -2.35. The Morgan fingerprint density at radius 1 is 1.35 bits per heavy atom. The molecule has 0 saturated carbocycles. The van der Waals surface area contributed by atoms with Gasteiger partial charge >= 0.3 is 0 Å². The van der Waals surface area contributed by atoms with E-state index in [1.165, 1.54) is 24.3 Å². The average Bonchev–Trinajstić information content (AvgIpc) is 2.56. The normalized spacial score (nSPS) is 19.8. The summed E-state index contributed by atoms with van der Waals surface area (Å²) in [5.74, 6) is -2.25. The number of hydrogen-bond acceptors (Lipinski definition) is 5. The van der Waals surface area contributed by atoms with Crippen molar-refractivity contribution in [2.45, 2.75) is 26.0 Å². The molecule has 0 saturated heterocycles. The van der Waals surface area contributed by atoms with Gasteiger partial charge in [-0.25, -0.2) is 4.39 Å². The Hall–Kier alpha value is -2.84. The van der Waals surface area contributed by atoms with Crippen LogP contribution in [-0.2, 0) is 9.59 Å². The van der Waals surface area contributed by atoms with Gasteiger partial charge in [-0.05, 0) is 31.2 Å². The fourth-order valence-corrected chi connectivity index (χ4v) is 3.63. The molecule has 0 aliphatic carbocycles. The van der Waals surface area contributed by atoms with E-state index in [-0.39, 0.29) is 16.5 Å². The van der Waals surface area contributed by atoms with Crippen LogP contribution in [0.15, 0.2) is 34.9 Å². The lowest BCUT2D eigenvalue weighted by atomic mass is 9.72. The first-order chi connectivity index (χ1) is 12.2. The number of benzene rings is 1. The highest BCUT2D eigenvalue weighted by Crippen LogP contribution is 2.42. The topological polar surface area (TPSA) is 106 Å². The van der Waals surface area contributed by atoms with Gasteiger partial charge in [0.15, 0.2) is 0 Å². The summed E-state index contributed by atoms with van der Waals surface area (Å²) in [7, 11) is 0. The zero-order valence-electron chi connectivity index (χ0n) is 14.5. The van der Waals surface area contributed by atoms with Crippen LogP contribution >= 0.6 is 11.8 Å². The summed E-state index contributed by atoms with van der Waals surface area (Å²) in [6.45, 7) is 4.94. The maximum Gasteiger partial charge on any atom is 0.243 e. The van der Waals surface area contributed by atoms with E-state index in [4.69, 9.17) is 0 Å². The molecule has 26 heavy (non-hydrogen) atoms. The Morgan fingerprint density at radius 2 is 1.96 bits per heavy atom. The molecule has 0 spiro atoms. The van der Waals surface area contributed by atoms with Crippen LogP contribution in [0.25, 0.3) is 0 Å². The molecule has 2 unspecified atom stereocenters. The van der Waals surface area contributed by atoms with Crippen LogP contribution in [0.5, 0.6) is 0 Å². The van der Waals surface area contributed by atoms with Crippen LogP contribution in [0.3, 0.4) is 0 Å². The summed E-state index contributed by atoms with van der Waals surface area (Å²) in [5.41, 5.74) is -0.257. The average molecular weight is 372 g/mol. The largest absolute Gasteiger partial charge is 0.325 e. The maximum absolute atomic E-state index is 12.9. The van der Waals surface area contributed by atoms with Crippen molar-refractivity contribution in [2.75, 3.05) is 5.32 Å². The minimum absolute atomic E-state index is 0.259. The third-order valence-electron chi connectivity index (χ3n) is 4.11. The lowest BCUT2D eigenvalue weighted by Crippen LogP contribution is -2.45. The second kappa shape index (κ2) is 7.59. The first kappa shape index (κ1) is 19.5. The molecule has 1 aliphatic heterocycles. The van der Waals surface area contributed by atoms with Gasteiger partial charge in [-0.1, -0.05) is 25.6 Å². The first-order valence-corrected chi connectivity index (χ1v) is 8.67. The molecule has 2 atom stereocenters. The van der Waals surface area contributed by atoms with E-state index in [1.54, 1.807) is 20.8 Å². The van der Waals surface area contributed by atoms with Gasteiger partial charge in [-0.2, -0.15) is 10.5 Å². The number of nitrogens with zero attached hydrogens (tertiary/aromatic N) is 2. The fraction of sp³-hybridized carbons (Fsp3) is 0.333. The highest BCUT2D eigenvalue weighted by molar-refractivity contribution is 8.04. The highest BCUT2D eigenvalue weighted by Gasteiger charge is 2.45. The summed E-state index contributed by atoms with van der Waals surface area (Å²) in [6.07, 6.45) is 0. The van der Waals surface area contributed by atoms with Gasteiger partial charge in [0, 0.05) is 11.1 Å². The van der Waals surface area contributed by atoms with E-state index in [9.17, 15) is 24.5 Å². The molecule has 2 rings (SSSR count). The van der Waals surface area contributed by atoms with Crippen molar-refractivity contribution in [3.63, 3.8) is 0 Å². The molecule has 0 fully saturated rings. The zero-order valence-corrected chi connectivity index (χ0v) is 15.3. The number of allylic oxidation sites excluding steroid dienone is 1. The third kappa shape index (κ3) is 3.87. The summed E-state index contributed by atoms with van der Waals surface area (Å²) >= 11 is 1.03. The number of carbonyl (C=O) groups is 2.